The van der Waals surface area contributed by atoms with Crippen molar-refractivity contribution in [2.75, 3.05) is 7.11 Å². The van der Waals surface area contributed by atoms with Crippen LogP contribution in [0.4, 0.5) is 0 Å². The predicted octanol–water partition coefficient (Wildman–Crippen LogP) is 3.29. The molecule has 1 aromatic carbocycles. The summed E-state index contributed by atoms with van der Waals surface area (Å²) < 4.78 is 10.4. The van der Waals surface area contributed by atoms with Crippen LogP contribution in [0.25, 0.3) is 6.08 Å². The lowest BCUT2D eigenvalue weighted by Gasteiger charge is -2.19. The first-order chi connectivity index (χ1) is 7.87. The van der Waals surface area contributed by atoms with Crippen molar-refractivity contribution in [3.05, 3.63) is 35.9 Å². The smallest absolute Gasteiger partial charge is 0.338 e. The highest BCUT2D eigenvalue weighted by atomic mass is 16.6. The maximum Gasteiger partial charge on any atom is 0.338 e. The van der Waals surface area contributed by atoms with Crippen LogP contribution in [-0.4, -0.2) is 18.7 Å². The number of carbonyl (C=O) groups is 1. The summed E-state index contributed by atoms with van der Waals surface area (Å²) in [6.07, 6.45) is 1.65. The number of benzene rings is 1. The van der Waals surface area contributed by atoms with E-state index >= 15 is 0 Å². The Balaban J connectivity index is 3.00. The average Bonchev–Trinajstić information content (AvgIpc) is 2.25. The van der Waals surface area contributed by atoms with Gasteiger partial charge in [0.25, 0.3) is 0 Å². The van der Waals surface area contributed by atoms with Crippen LogP contribution in [0.15, 0.2) is 24.8 Å². The molecule has 1 aromatic rings. The Morgan fingerprint density at radius 3 is 2.47 bits per heavy atom. The quantitative estimate of drug-likeness (QED) is 0.753. The van der Waals surface area contributed by atoms with Crippen molar-refractivity contribution in [1.29, 1.82) is 0 Å². The molecule has 3 heteroatoms. The molecule has 0 aliphatic heterocycles. The van der Waals surface area contributed by atoms with Gasteiger partial charge in [0.1, 0.15) is 11.4 Å². The van der Waals surface area contributed by atoms with Gasteiger partial charge in [0.15, 0.2) is 0 Å². The third-order valence-electron chi connectivity index (χ3n) is 2.08. The summed E-state index contributed by atoms with van der Waals surface area (Å²) in [6, 6.07) is 5.12. The minimum absolute atomic E-state index is 0.344. The van der Waals surface area contributed by atoms with Crippen molar-refractivity contribution < 1.29 is 14.3 Å². The normalized spacial score (nSPS) is 10.8. The molecule has 0 N–H and O–H groups in total. The van der Waals surface area contributed by atoms with Gasteiger partial charge in [0, 0.05) is 5.56 Å². The van der Waals surface area contributed by atoms with Gasteiger partial charge in [0.2, 0.25) is 0 Å². The van der Waals surface area contributed by atoms with E-state index in [2.05, 4.69) is 6.58 Å². The first kappa shape index (κ1) is 13.3. The van der Waals surface area contributed by atoms with Gasteiger partial charge < -0.3 is 9.47 Å². The first-order valence-corrected chi connectivity index (χ1v) is 5.41. The summed E-state index contributed by atoms with van der Waals surface area (Å²) in [6.45, 7) is 9.19. The van der Waals surface area contributed by atoms with E-state index < -0.39 is 5.60 Å². The Hall–Kier alpha value is -1.77. The summed E-state index contributed by atoms with van der Waals surface area (Å²) in [7, 11) is 1.58. The molecular formula is C14H18O3. The molecule has 0 aliphatic rings. The predicted molar refractivity (Wildman–Crippen MR) is 68.3 cm³/mol. The number of rotatable bonds is 3. The van der Waals surface area contributed by atoms with E-state index in [-0.39, 0.29) is 5.97 Å². The molecule has 0 unspecified atom stereocenters. The van der Waals surface area contributed by atoms with Crippen LogP contribution in [-0.2, 0) is 4.74 Å². The van der Waals surface area contributed by atoms with Gasteiger partial charge >= 0.3 is 5.97 Å². The Morgan fingerprint density at radius 1 is 1.35 bits per heavy atom. The first-order valence-electron chi connectivity index (χ1n) is 5.41. The molecule has 0 spiro atoms. The maximum atomic E-state index is 11.8. The minimum atomic E-state index is -0.495. The van der Waals surface area contributed by atoms with E-state index in [4.69, 9.17) is 9.47 Å². The number of hydrogen-bond acceptors (Lipinski definition) is 3. The Morgan fingerprint density at radius 2 is 2.00 bits per heavy atom. The molecule has 0 saturated carbocycles. The standard InChI is InChI=1S/C14H18O3/c1-6-10-9-11(7-8-12(10)16-5)13(15)17-14(2,3)4/h6-9H,1H2,2-5H3. The van der Waals surface area contributed by atoms with Gasteiger partial charge in [-0.25, -0.2) is 4.79 Å². The maximum absolute atomic E-state index is 11.8. The highest BCUT2D eigenvalue weighted by Gasteiger charge is 2.18. The fourth-order valence-corrected chi connectivity index (χ4v) is 1.36. The second-order valence-corrected chi connectivity index (χ2v) is 4.66. The molecule has 1 rings (SSSR count). The van der Waals surface area contributed by atoms with Crippen LogP contribution in [0.3, 0.4) is 0 Å². The van der Waals surface area contributed by atoms with E-state index in [1.54, 1.807) is 31.4 Å². The molecule has 0 atom stereocenters. The zero-order valence-electron chi connectivity index (χ0n) is 10.7. The number of hydrogen-bond donors (Lipinski definition) is 0. The molecular weight excluding hydrogens is 216 g/mol. The fraction of sp³-hybridized carbons (Fsp3) is 0.357. The van der Waals surface area contributed by atoms with Crippen LogP contribution >= 0.6 is 0 Å². The van der Waals surface area contributed by atoms with Crippen molar-refractivity contribution in [2.24, 2.45) is 0 Å². The van der Waals surface area contributed by atoms with Crippen molar-refractivity contribution in [2.45, 2.75) is 26.4 Å². The lowest BCUT2D eigenvalue weighted by atomic mass is 10.1. The largest absolute Gasteiger partial charge is 0.496 e. The van der Waals surface area contributed by atoms with Gasteiger partial charge in [-0.15, -0.1) is 0 Å². The molecule has 0 radical (unpaired) electrons. The van der Waals surface area contributed by atoms with Gasteiger partial charge in [-0.2, -0.15) is 0 Å². The highest BCUT2D eigenvalue weighted by molar-refractivity contribution is 5.90. The van der Waals surface area contributed by atoms with Crippen LogP contribution in [0.1, 0.15) is 36.7 Å². The third-order valence-corrected chi connectivity index (χ3v) is 2.08. The molecule has 0 aliphatic carbocycles. The average molecular weight is 234 g/mol. The van der Waals surface area contributed by atoms with Gasteiger partial charge in [-0.1, -0.05) is 12.7 Å². The molecule has 0 fully saturated rings. The molecule has 0 amide bonds. The number of carbonyl (C=O) groups excluding carboxylic acids is 1. The molecule has 0 saturated heterocycles. The van der Waals surface area contributed by atoms with Crippen LogP contribution in [0.2, 0.25) is 0 Å². The topological polar surface area (TPSA) is 35.5 Å². The molecule has 92 valence electrons. The Labute approximate surface area is 102 Å². The van der Waals surface area contributed by atoms with Crippen LogP contribution < -0.4 is 4.74 Å². The molecule has 17 heavy (non-hydrogen) atoms. The zero-order valence-corrected chi connectivity index (χ0v) is 10.7. The van der Waals surface area contributed by atoms with Crippen molar-refractivity contribution in [3.8, 4) is 5.75 Å². The van der Waals surface area contributed by atoms with Gasteiger partial charge in [-0.3, -0.25) is 0 Å². The van der Waals surface area contributed by atoms with Gasteiger partial charge in [0.05, 0.1) is 12.7 Å². The third kappa shape index (κ3) is 3.63. The molecule has 3 nitrogen and oxygen atoms in total. The summed E-state index contributed by atoms with van der Waals surface area (Å²) in [5.41, 5.74) is 0.775. The van der Waals surface area contributed by atoms with E-state index in [9.17, 15) is 4.79 Å². The number of methoxy groups -OCH3 is 1. The van der Waals surface area contributed by atoms with Crippen LogP contribution in [0.5, 0.6) is 5.75 Å². The SMILES string of the molecule is C=Cc1cc(C(=O)OC(C)(C)C)ccc1OC. The molecule has 0 bridgehead atoms. The Bertz CT molecular complexity index is 428. The highest BCUT2D eigenvalue weighted by Crippen LogP contribution is 2.22. The molecule has 0 aromatic heterocycles. The number of ether oxygens (including phenoxy) is 2. The summed E-state index contributed by atoms with van der Waals surface area (Å²) in [5, 5.41) is 0. The molecule has 0 heterocycles. The summed E-state index contributed by atoms with van der Waals surface area (Å²) >= 11 is 0. The van der Waals surface area contributed by atoms with Crippen molar-refractivity contribution >= 4 is 12.0 Å². The summed E-state index contributed by atoms with van der Waals surface area (Å²) in [4.78, 5) is 11.8. The monoisotopic (exact) mass is 234 g/mol. The lowest BCUT2D eigenvalue weighted by Crippen LogP contribution is -2.23. The van der Waals surface area contributed by atoms with E-state index in [0.717, 1.165) is 5.56 Å². The number of esters is 1. The zero-order chi connectivity index (χ0) is 13.1. The second-order valence-electron chi connectivity index (χ2n) is 4.66. The second kappa shape index (κ2) is 5.04. The van der Waals surface area contributed by atoms with Crippen molar-refractivity contribution in [1.82, 2.24) is 0 Å². The lowest BCUT2D eigenvalue weighted by molar-refractivity contribution is 0.00695. The van der Waals surface area contributed by atoms with E-state index in [1.807, 2.05) is 20.8 Å². The van der Waals surface area contributed by atoms with E-state index in [0.29, 0.717) is 11.3 Å². The van der Waals surface area contributed by atoms with Crippen LogP contribution in [0, 0.1) is 0 Å². The summed E-state index contributed by atoms with van der Waals surface area (Å²) in [5.74, 6) is 0.343. The minimum Gasteiger partial charge on any atom is -0.496 e. The van der Waals surface area contributed by atoms with E-state index in [1.165, 1.54) is 0 Å². The fourth-order valence-electron chi connectivity index (χ4n) is 1.36. The van der Waals surface area contributed by atoms with Crippen molar-refractivity contribution in [3.63, 3.8) is 0 Å². The van der Waals surface area contributed by atoms with Gasteiger partial charge in [-0.05, 0) is 39.0 Å². The Kier molecular flexibility index (Phi) is 3.94.